The van der Waals surface area contributed by atoms with Gasteiger partial charge in [-0.2, -0.15) is 5.10 Å². The minimum Gasteiger partial charge on any atom is -0.338 e. The molecule has 2 bridgehead atoms. The van der Waals surface area contributed by atoms with E-state index in [0.717, 1.165) is 13.1 Å². The summed E-state index contributed by atoms with van der Waals surface area (Å²) in [5, 5.41) is 8.73. The molecule has 1 aliphatic heterocycles. The fourth-order valence-corrected chi connectivity index (χ4v) is 4.63. The Morgan fingerprint density at radius 1 is 1.26 bits per heavy atom. The van der Waals surface area contributed by atoms with E-state index in [1.165, 1.54) is 34.9 Å². The second kappa shape index (κ2) is 6.07. The number of rotatable bonds is 2. The molecule has 1 N–H and O–H groups in total. The van der Waals surface area contributed by atoms with E-state index >= 15 is 0 Å². The van der Waals surface area contributed by atoms with Gasteiger partial charge in [0.2, 0.25) is 5.95 Å². The third-order valence-electron chi connectivity index (χ3n) is 5.97. The molecule has 4 heterocycles. The average Bonchev–Trinajstić information content (AvgIpc) is 3.27. The van der Waals surface area contributed by atoms with Gasteiger partial charge in [-0.1, -0.05) is 6.42 Å². The van der Waals surface area contributed by atoms with Crippen molar-refractivity contribution >= 4 is 11.4 Å². The van der Waals surface area contributed by atoms with Gasteiger partial charge in [0.05, 0.1) is 17.5 Å². The molecule has 2 unspecified atom stereocenters. The Morgan fingerprint density at radius 2 is 2.04 bits per heavy atom. The Kier molecular flexibility index (Phi) is 3.66. The van der Waals surface area contributed by atoms with Gasteiger partial charge in [-0.25, -0.2) is 9.20 Å². The number of fused-ring (bicyclic) bond motifs is 3. The van der Waals surface area contributed by atoms with Crippen molar-refractivity contribution in [3.63, 3.8) is 0 Å². The SMILES string of the molecule is Cc1c(C(=O)N2CC3CCCC(C3)C2)cnn1-c1nn2cccc2c(=O)[nH]1. The van der Waals surface area contributed by atoms with E-state index in [1.807, 2.05) is 11.8 Å². The minimum absolute atomic E-state index is 0.0275. The van der Waals surface area contributed by atoms with Crippen LogP contribution in [0, 0.1) is 18.8 Å². The number of hydrogen-bond donors (Lipinski definition) is 1. The normalized spacial score (nSPS) is 22.3. The average molecular weight is 366 g/mol. The topological polar surface area (TPSA) is 88.3 Å². The van der Waals surface area contributed by atoms with Crippen LogP contribution in [0.3, 0.4) is 0 Å². The van der Waals surface area contributed by atoms with Gasteiger partial charge in [0.15, 0.2) is 0 Å². The minimum atomic E-state index is -0.239. The van der Waals surface area contributed by atoms with Gasteiger partial charge >= 0.3 is 0 Å². The van der Waals surface area contributed by atoms with Crippen LogP contribution in [-0.4, -0.2) is 48.3 Å². The summed E-state index contributed by atoms with van der Waals surface area (Å²) in [4.78, 5) is 30.1. The van der Waals surface area contributed by atoms with Gasteiger partial charge in [-0.15, -0.1) is 5.10 Å². The molecule has 3 aromatic rings. The molecular formula is C19H22N6O2. The first-order valence-electron chi connectivity index (χ1n) is 9.52. The van der Waals surface area contributed by atoms with E-state index in [-0.39, 0.29) is 11.5 Å². The predicted octanol–water partition coefficient (Wildman–Crippen LogP) is 1.78. The van der Waals surface area contributed by atoms with Crippen LogP contribution in [0.1, 0.15) is 41.7 Å². The molecule has 8 heteroatoms. The zero-order valence-corrected chi connectivity index (χ0v) is 15.3. The van der Waals surface area contributed by atoms with Gasteiger partial charge in [-0.3, -0.25) is 14.6 Å². The number of nitrogens with zero attached hydrogens (tertiary/aromatic N) is 5. The molecule has 3 aromatic heterocycles. The Bertz CT molecular complexity index is 1070. The van der Waals surface area contributed by atoms with E-state index in [1.54, 1.807) is 24.5 Å². The van der Waals surface area contributed by atoms with Crippen LogP contribution in [0.25, 0.3) is 11.5 Å². The number of carbonyl (C=O) groups is 1. The van der Waals surface area contributed by atoms with Crippen molar-refractivity contribution in [1.82, 2.24) is 29.3 Å². The smallest absolute Gasteiger partial charge is 0.276 e. The molecule has 1 aliphatic carbocycles. The maximum atomic E-state index is 13.1. The van der Waals surface area contributed by atoms with Crippen molar-refractivity contribution in [3.8, 4) is 5.95 Å². The second-order valence-corrected chi connectivity index (χ2v) is 7.78. The van der Waals surface area contributed by atoms with Crippen molar-refractivity contribution in [2.75, 3.05) is 13.1 Å². The Balaban J connectivity index is 1.47. The maximum absolute atomic E-state index is 13.1. The monoisotopic (exact) mass is 366 g/mol. The first-order valence-corrected chi connectivity index (χ1v) is 9.52. The summed E-state index contributed by atoms with van der Waals surface area (Å²) in [6.45, 7) is 3.51. The molecule has 2 atom stereocenters. The van der Waals surface area contributed by atoms with Gasteiger partial charge in [0.25, 0.3) is 11.5 Å². The number of amides is 1. The lowest BCUT2D eigenvalue weighted by atomic mass is 9.78. The molecule has 0 radical (unpaired) electrons. The highest BCUT2D eigenvalue weighted by molar-refractivity contribution is 5.95. The maximum Gasteiger partial charge on any atom is 0.276 e. The highest BCUT2D eigenvalue weighted by Gasteiger charge is 2.34. The highest BCUT2D eigenvalue weighted by atomic mass is 16.2. The lowest BCUT2D eigenvalue weighted by Crippen LogP contribution is -2.45. The van der Waals surface area contributed by atoms with Crippen LogP contribution in [-0.2, 0) is 0 Å². The molecule has 1 amide bonds. The fourth-order valence-electron chi connectivity index (χ4n) is 4.63. The van der Waals surface area contributed by atoms with Crippen molar-refractivity contribution in [1.29, 1.82) is 0 Å². The highest BCUT2D eigenvalue weighted by Crippen LogP contribution is 2.35. The van der Waals surface area contributed by atoms with Gasteiger partial charge in [0, 0.05) is 19.3 Å². The van der Waals surface area contributed by atoms with Gasteiger partial charge in [-0.05, 0) is 50.2 Å². The summed E-state index contributed by atoms with van der Waals surface area (Å²) < 4.78 is 3.04. The van der Waals surface area contributed by atoms with E-state index in [2.05, 4.69) is 15.2 Å². The number of hydrogen-bond acceptors (Lipinski definition) is 4. The summed E-state index contributed by atoms with van der Waals surface area (Å²) in [5.41, 5.74) is 1.49. The van der Waals surface area contributed by atoms with Crippen molar-refractivity contribution < 1.29 is 4.79 Å². The van der Waals surface area contributed by atoms with Crippen molar-refractivity contribution in [2.24, 2.45) is 11.8 Å². The van der Waals surface area contributed by atoms with Crippen LogP contribution < -0.4 is 5.56 Å². The standard InChI is InChI=1S/C19H22N6O2/c1-12-15(18(27)23-10-13-4-2-5-14(8-13)11-23)9-20-25(12)19-21-17(26)16-6-3-7-24(16)22-19/h3,6-7,9,13-14H,2,4-5,8,10-11H2,1H3,(H,21,22,26). The molecule has 140 valence electrons. The summed E-state index contributed by atoms with van der Waals surface area (Å²) in [6, 6.07) is 3.47. The molecular weight excluding hydrogens is 344 g/mol. The first-order chi connectivity index (χ1) is 13.1. The lowest BCUT2D eigenvalue weighted by Gasteiger charge is -2.41. The molecule has 8 nitrogen and oxygen atoms in total. The molecule has 2 aliphatic rings. The van der Waals surface area contributed by atoms with E-state index in [0.29, 0.717) is 34.6 Å². The second-order valence-electron chi connectivity index (χ2n) is 7.78. The summed E-state index contributed by atoms with van der Waals surface area (Å²) >= 11 is 0. The van der Waals surface area contributed by atoms with Crippen LogP contribution in [0.2, 0.25) is 0 Å². The molecule has 0 aromatic carbocycles. The quantitative estimate of drug-likeness (QED) is 0.749. The van der Waals surface area contributed by atoms with Crippen molar-refractivity contribution in [2.45, 2.75) is 32.6 Å². The molecule has 0 spiro atoms. The number of aromatic nitrogens is 5. The molecule has 1 saturated carbocycles. The molecule has 5 rings (SSSR count). The molecule has 2 fully saturated rings. The third-order valence-corrected chi connectivity index (χ3v) is 5.97. The number of nitrogens with one attached hydrogen (secondary N) is 1. The number of aromatic amines is 1. The van der Waals surface area contributed by atoms with Crippen LogP contribution >= 0.6 is 0 Å². The lowest BCUT2D eigenvalue weighted by molar-refractivity contribution is 0.0503. The molecule has 1 saturated heterocycles. The zero-order valence-electron chi connectivity index (χ0n) is 15.3. The number of piperidine rings is 1. The van der Waals surface area contributed by atoms with E-state index < -0.39 is 0 Å². The zero-order chi connectivity index (χ0) is 18.5. The summed E-state index contributed by atoms with van der Waals surface area (Å²) in [6.07, 6.45) is 8.29. The van der Waals surface area contributed by atoms with E-state index in [4.69, 9.17) is 0 Å². The Labute approximate surface area is 155 Å². The first kappa shape index (κ1) is 16.3. The van der Waals surface area contributed by atoms with Crippen LogP contribution in [0.4, 0.5) is 0 Å². The predicted molar refractivity (Wildman–Crippen MR) is 99.0 cm³/mol. The molecule has 27 heavy (non-hydrogen) atoms. The summed E-state index contributed by atoms with van der Waals surface area (Å²) in [5.74, 6) is 1.59. The number of likely N-dealkylation sites (tertiary alicyclic amines) is 1. The Morgan fingerprint density at radius 3 is 2.81 bits per heavy atom. The van der Waals surface area contributed by atoms with Crippen LogP contribution in [0.5, 0.6) is 0 Å². The fraction of sp³-hybridized carbons (Fsp3) is 0.474. The number of carbonyl (C=O) groups excluding carboxylic acids is 1. The number of H-pyrrole nitrogens is 1. The van der Waals surface area contributed by atoms with E-state index in [9.17, 15) is 9.59 Å². The van der Waals surface area contributed by atoms with Gasteiger partial charge < -0.3 is 4.90 Å². The van der Waals surface area contributed by atoms with Crippen LogP contribution in [0.15, 0.2) is 29.3 Å². The largest absolute Gasteiger partial charge is 0.338 e. The third kappa shape index (κ3) is 2.67. The van der Waals surface area contributed by atoms with Gasteiger partial charge in [0.1, 0.15) is 5.52 Å². The van der Waals surface area contributed by atoms with Crippen molar-refractivity contribution in [3.05, 3.63) is 46.1 Å². The summed E-state index contributed by atoms with van der Waals surface area (Å²) in [7, 11) is 0. The Hall–Kier alpha value is -2.90.